The summed E-state index contributed by atoms with van der Waals surface area (Å²) in [4.78, 5) is 23.4. The Morgan fingerprint density at radius 3 is 2.46 bits per heavy atom. The Balaban J connectivity index is 1.66. The molecule has 7 nitrogen and oxygen atoms in total. The summed E-state index contributed by atoms with van der Waals surface area (Å²) in [5.41, 5.74) is 2.03. The van der Waals surface area contributed by atoms with E-state index in [9.17, 15) is 9.59 Å². The first-order chi connectivity index (χ1) is 12.5. The summed E-state index contributed by atoms with van der Waals surface area (Å²) in [5.74, 6) is 0.00488. The summed E-state index contributed by atoms with van der Waals surface area (Å²) >= 11 is 4.65. The molecule has 0 aliphatic heterocycles. The van der Waals surface area contributed by atoms with E-state index in [1.54, 1.807) is 28.9 Å². The lowest BCUT2D eigenvalue weighted by Gasteiger charge is -2.05. The zero-order valence-electron chi connectivity index (χ0n) is 13.7. The van der Waals surface area contributed by atoms with E-state index in [0.717, 1.165) is 10.2 Å². The van der Waals surface area contributed by atoms with Gasteiger partial charge in [-0.2, -0.15) is 4.68 Å². The van der Waals surface area contributed by atoms with Crippen LogP contribution < -0.4 is 5.32 Å². The lowest BCUT2D eigenvalue weighted by molar-refractivity contribution is -0.114. The van der Waals surface area contributed by atoms with Crippen LogP contribution in [0.15, 0.2) is 58.2 Å². The Morgan fingerprint density at radius 1 is 1.12 bits per heavy atom. The third kappa shape index (κ3) is 4.55. The van der Waals surface area contributed by atoms with Crippen LogP contribution in [-0.4, -0.2) is 37.7 Å². The van der Waals surface area contributed by atoms with Gasteiger partial charge in [0, 0.05) is 22.6 Å². The van der Waals surface area contributed by atoms with E-state index in [0.29, 0.717) is 16.4 Å². The van der Waals surface area contributed by atoms with E-state index in [4.69, 9.17) is 0 Å². The highest BCUT2D eigenvalue weighted by Gasteiger charge is 2.13. The molecule has 9 heteroatoms. The molecule has 0 fully saturated rings. The second-order valence-corrected chi connectivity index (χ2v) is 7.18. The van der Waals surface area contributed by atoms with Crippen LogP contribution in [-0.2, 0) is 4.79 Å². The third-order valence-corrected chi connectivity index (χ3v) is 4.82. The maximum atomic E-state index is 12.4. The van der Waals surface area contributed by atoms with Crippen molar-refractivity contribution in [3.63, 3.8) is 0 Å². The molecule has 1 aromatic heterocycles. The average molecular weight is 432 g/mol. The Kier molecular flexibility index (Phi) is 5.79. The van der Waals surface area contributed by atoms with Crippen molar-refractivity contribution in [2.45, 2.75) is 12.1 Å². The van der Waals surface area contributed by atoms with E-state index in [2.05, 4.69) is 36.8 Å². The predicted molar refractivity (Wildman–Crippen MR) is 103 cm³/mol. The van der Waals surface area contributed by atoms with Crippen LogP contribution in [0.1, 0.15) is 17.3 Å². The monoisotopic (exact) mass is 431 g/mol. The summed E-state index contributed by atoms with van der Waals surface area (Å²) in [7, 11) is 0. The van der Waals surface area contributed by atoms with Gasteiger partial charge in [0.05, 0.1) is 11.4 Å². The highest BCUT2D eigenvalue weighted by Crippen LogP contribution is 2.21. The van der Waals surface area contributed by atoms with Crippen LogP contribution in [0.2, 0.25) is 0 Å². The van der Waals surface area contributed by atoms with Gasteiger partial charge >= 0.3 is 0 Å². The van der Waals surface area contributed by atoms with Gasteiger partial charge in [-0.1, -0.05) is 27.7 Å². The van der Waals surface area contributed by atoms with Crippen molar-refractivity contribution in [1.82, 2.24) is 20.2 Å². The maximum absolute atomic E-state index is 12.4. The lowest BCUT2D eigenvalue weighted by Crippen LogP contribution is -2.07. The second-order valence-electron chi connectivity index (χ2n) is 5.32. The molecule has 3 rings (SSSR count). The van der Waals surface area contributed by atoms with Crippen molar-refractivity contribution in [3.05, 3.63) is 58.6 Å². The smallest absolute Gasteiger partial charge is 0.221 e. The quantitative estimate of drug-likeness (QED) is 0.475. The van der Waals surface area contributed by atoms with E-state index >= 15 is 0 Å². The van der Waals surface area contributed by atoms with Crippen LogP contribution in [0.5, 0.6) is 0 Å². The van der Waals surface area contributed by atoms with Crippen LogP contribution in [0, 0.1) is 0 Å². The number of nitrogens with zero attached hydrogens (tertiary/aromatic N) is 4. The van der Waals surface area contributed by atoms with Gasteiger partial charge in [0.2, 0.25) is 11.1 Å². The molecule has 0 bridgehead atoms. The number of rotatable bonds is 6. The SMILES string of the molecule is CC(=O)Nc1ccc(C(=O)CSc2nnnn2-c2ccc(Br)cc2)cc1. The van der Waals surface area contributed by atoms with E-state index < -0.39 is 0 Å². The van der Waals surface area contributed by atoms with Gasteiger partial charge in [0.15, 0.2) is 5.78 Å². The van der Waals surface area contributed by atoms with Crippen LogP contribution in [0.25, 0.3) is 5.69 Å². The summed E-state index contributed by atoms with van der Waals surface area (Å²) < 4.78 is 2.55. The molecule has 0 atom stereocenters. The highest BCUT2D eigenvalue weighted by atomic mass is 79.9. The van der Waals surface area contributed by atoms with Crippen molar-refractivity contribution in [2.24, 2.45) is 0 Å². The van der Waals surface area contributed by atoms with Gasteiger partial charge in [-0.05, 0) is 59.0 Å². The number of anilines is 1. The molecule has 3 aromatic rings. The highest BCUT2D eigenvalue weighted by molar-refractivity contribution is 9.10. The van der Waals surface area contributed by atoms with Crippen LogP contribution >= 0.6 is 27.7 Å². The Bertz CT molecular complexity index is 925. The van der Waals surface area contributed by atoms with Gasteiger partial charge in [0.25, 0.3) is 0 Å². The van der Waals surface area contributed by atoms with Gasteiger partial charge in [-0.3, -0.25) is 9.59 Å². The number of Topliss-reactive ketones (excluding diaryl/α,β-unsaturated/α-hetero) is 1. The van der Waals surface area contributed by atoms with Crippen LogP contribution in [0.3, 0.4) is 0 Å². The number of aromatic nitrogens is 4. The minimum absolute atomic E-state index is 0.0465. The molecule has 1 heterocycles. The summed E-state index contributed by atoms with van der Waals surface area (Å²) in [5, 5.41) is 14.8. The Hall–Kier alpha value is -2.52. The van der Waals surface area contributed by atoms with Gasteiger partial charge in [-0.15, -0.1) is 5.10 Å². The number of nitrogens with one attached hydrogen (secondary N) is 1. The van der Waals surface area contributed by atoms with Crippen molar-refractivity contribution in [1.29, 1.82) is 0 Å². The minimum atomic E-state index is -0.153. The number of thioether (sulfide) groups is 1. The van der Waals surface area contributed by atoms with Crippen molar-refractivity contribution in [2.75, 3.05) is 11.1 Å². The summed E-state index contributed by atoms with van der Waals surface area (Å²) in [6, 6.07) is 14.3. The molecule has 0 unspecified atom stereocenters. The fraction of sp³-hybridized carbons (Fsp3) is 0.118. The number of halogens is 1. The average Bonchev–Trinajstić information content (AvgIpc) is 3.09. The number of ketones is 1. The molecule has 132 valence electrons. The molecule has 0 spiro atoms. The molecule has 0 radical (unpaired) electrons. The number of hydrogen-bond acceptors (Lipinski definition) is 6. The topological polar surface area (TPSA) is 89.8 Å². The molecule has 0 saturated carbocycles. The standard InChI is InChI=1S/C17H14BrN5O2S/c1-11(24)19-14-6-2-12(3-7-14)16(25)10-26-17-20-21-22-23(17)15-8-4-13(18)5-9-15/h2-9H,10H2,1H3,(H,19,24). The number of tetrazole rings is 1. The fourth-order valence-corrected chi connectivity index (χ4v) is 3.22. The van der Waals surface area contributed by atoms with Crippen molar-refractivity contribution in [3.8, 4) is 5.69 Å². The van der Waals surface area contributed by atoms with Gasteiger partial charge < -0.3 is 5.32 Å². The molecule has 0 aliphatic carbocycles. The number of hydrogen-bond donors (Lipinski definition) is 1. The van der Waals surface area contributed by atoms with Gasteiger partial charge in [-0.25, -0.2) is 0 Å². The molecule has 0 aliphatic rings. The first-order valence-electron chi connectivity index (χ1n) is 7.61. The van der Waals surface area contributed by atoms with Crippen LogP contribution in [0.4, 0.5) is 5.69 Å². The first kappa shape index (κ1) is 18.3. The Labute approximate surface area is 162 Å². The number of benzene rings is 2. The summed E-state index contributed by atoms with van der Waals surface area (Å²) in [6.07, 6.45) is 0. The molecule has 2 aromatic carbocycles. The molecular weight excluding hydrogens is 418 g/mol. The van der Waals surface area contributed by atoms with E-state index in [1.165, 1.54) is 18.7 Å². The largest absolute Gasteiger partial charge is 0.326 e. The third-order valence-electron chi connectivity index (χ3n) is 3.37. The fourth-order valence-electron chi connectivity index (χ4n) is 2.17. The van der Waals surface area contributed by atoms with E-state index in [-0.39, 0.29) is 17.4 Å². The first-order valence-corrected chi connectivity index (χ1v) is 9.39. The maximum Gasteiger partial charge on any atom is 0.221 e. The van der Waals surface area contributed by atoms with Crippen molar-refractivity contribution < 1.29 is 9.59 Å². The molecule has 0 saturated heterocycles. The molecule has 1 N–H and O–H groups in total. The zero-order chi connectivity index (χ0) is 18.5. The molecule has 26 heavy (non-hydrogen) atoms. The molecular formula is C17H14BrN5O2S. The number of carbonyl (C=O) groups excluding carboxylic acids is 2. The zero-order valence-corrected chi connectivity index (χ0v) is 16.1. The van der Waals surface area contributed by atoms with E-state index in [1.807, 2.05) is 24.3 Å². The summed E-state index contributed by atoms with van der Waals surface area (Å²) in [6.45, 7) is 1.44. The normalized spacial score (nSPS) is 10.5. The Morgan fingerprint density at radius 2 is 1.81 bits per heavy atom. The number of amides is 1. The predicted octanol–water partition coefficient (Wildman–Crippen LogP) is 3.36. The molecule has 1 amide bonds. The van der Waals surface area contributed by atoms with Gasteiger partial charge in [0.1, 0.15) is 0 Å². The van der Waals surface area contributed by atoms with Crippen molar-refractivity contribution >= 4 is 45.1 Å². The second kappa shape index (κ2) is 8.24. The lowest BCUT2D eigenvalue weighted by atomic mass is 10.1. The minimum Gasteiger partial charge on any atom is -0.326 e. The number of carbonyl (C=O) groups is 2.